The van der Waals surface area contributed by atoms with Crippen molar-refractivity contribution in [2.24, 2.45) is 11.5 Å². The molecule has 7 heteroatoms. The molecular formula is C6H16N2O3S2. The molecule has 0 bridgehead atoms. The van der Waals surface area contributed by atoms with Crippen LogP contribution < -0.4 is 11.5 Å². The lowest BCUT2D eigenvalue weighted by Crippen LogP contribution is -1.90. The van der Waals surface area contributed by atoms with Crippen molar-refractivity contribution in [1.82, 2.24) is 0 Å². The summed E-state index contributed by atoms with van der Waals surface area (Å²) < 4.78 is 24.0. The van der Waals surface area contributed by atoms with Crippen LogP contribution in [0.1, 0.15) is 0 Å². The van der Waals surface area contributed by atoms with E-state index in [1.165, 1.54) is 0 Å². The summed E-state index contributed by atoms with van der Waals surface area (Å²) in [6, 6.07) is 0. The molecule has 0 heterocycles. The summed E-state index contributed by atoms with van der Waals surface area (Å²) in [5.41, 5.74) is 9.82. The average molecular weight is 228 g/mol. The zero-order chi connectivity index (χ0) is 11.3. The summed E-state index contributed by atoms with van der Waals surface area (Å²) in [4.78, 5) is 0. The third-order valence-corrected chi connectivity index (χ3v) is 0.333. The molecular weight excluding hydrogens is 212 g/mol. The quantitative estimate of drug-likeness (QED) is 0.493. The first-order valence-corrected chi connectivity index (χ1v) is 5.54. The monoisotopic (exact) mass is 228 g/mol. The van der Waals surface area contributed by atoms with Crippen molar-refractivity contribution in [3.8, 4) is 0 Å². The van der Waals surface area contributed by atoms with Gasteiger partial charge in [0.05, 0.1) is 0 Å². The van der Waals surface area contributed by atoms with Crippen molar-refractivity contribution in [2.75, 3.05) is 13.1 Å². The van der Waals surface area contributed by atoms with Crippen molar-refractivity contribution in [3.63, 3.8) is 0 Å². The molecule has 0 spiro atoms. The van der Waals surface area contributed by atoms with Gasteiger partial charge in [-0.1, -0.05) is 12.2 Å². The second kappa shape index (κ2) is 14.2. The summed E-state index contributed by atoms with van der Waals surface area (Å²) in [6.45, 7) is 7.87. The van der Waals surface area contributed by atoms with Crippen LogP contribution in [0.15, 0.2) is 25.3 Å². The van der Waals surface area contributed by atoms with Gasteiger partial charge in [-0.25, -0.2) is 0 Å². The second-order valence-corrected chi connectivity index (χ2v) is 3.69. The van der Waals surface area contributed by atoms with Crippen LogP contribution >= 0.6 is 0 Å². The molecule has 0 saturated heterocycles. The van der Waals surface area contributed by atoms with Gasteiger partial charge in [0.1, 0.15) is 0 Å². The highest BCUT2D eigenvalue weighted by Gasteiger charge is 1.78. The van der Waals surface area contributed by atoms with E-state index in [2.05, 4.69) is 24.3 Å². The molecule has 5 nitrogen and oxygen atoms in total. The Morgan fingerprint density at radius 3 is 1.31 bits per heavy atom. The Kier molecular flexibility index (Phi) is 20.2. The lowest BCUT2D eigenvalue weighted by Gasteiger charge is -1.73. The molecule has 0 aromatic heterocycles. The molecule has 0 radical (unpaired) electrons. The molecule has 0 aromatic rings. The molecule has 0 unspecified atom stereocenters. The maximum Gasteiger partial charge on any atom is 0.263 e. The van der Waals surface area contributed by atoms with Crippen molar-refractivity contribution in [2.45, 2.75) is 0 Å². The molecule has 80 valence electrons. The number of hydrogen-bond donors (Lipinski definition) is 4. The molecule has 0 fully saturated rings. The first-order valence-electron chi connectivity index (χ1n) is 3.15. The van der Waals surface area contributed by atoms with Gasteiger partial charge in [-0.3, -0.25) is 9.11 Å². The lowest BCUT2D eigenvalue weighted by molar-refractivity contribution is 0.450. The molecule has 0 rings (SSSR count). The fourth-order valence-corrected chi connectivity index (χ4v) is 0. The van der Waals surface area contributed by atoms with Crippen molar-refractivity contribution < 1.29 is 13.3 Å². The maximum atomic E-state index is 9.11. The van der Waals surface area contributed by atoms with E-state index in [9.17, 15) is 0 Å². The third-order valence-electron chi connectivity index (χ3n) is 0.333. The molecule has 0 atom stereocenters. The summed E-state index contributed by atoms with van der Waals surface area (Å²) in [7, 11) is -3.83. The van der Waals surface area contributed by atoms with Crippen LogP contribution in [-0.2, 0) is 20.2 Å². The van der Waals surface area contributed by atoms with Gasteiger partial charge in [0.15, 0.2) is 0 Å². The zero-order valence-electron chi connectivity index (χ0n) is 7.26. The van der Waals surface area contributed by atoms with Gasteiger partial charge >= 0.3 is 0 Å². The average Bonchev–Trinajstić information content (AvgIpc) is 2.01. The first kappa shape index (κ1) is 18.5. The van der Waals surface area contributed by atoms with E-state index < -0.39 is 9.05 Å². The van der Waals surface area contributed by atoms with Crippen LogP contribution in [0, 0.1) is 0 Å². The molecule has 0 amide bonds. The second-order valence-electron chi connectivity index (χ2n) is 1.50. The Labute approximate surface area is 83.8 Å². The minimum absolute atomic E-state index is 0.583. The standard InChI is InChI=1S/2C3H7N.H2O3S2/c2*1-2-3-4;1-5(2,3)4/h2*2H,1,3-4H2;(H2,1,2,3,4). The zero-order valence-corrected chi connectivity index (χ0v) is 8.89. The van der Waals surface area contributed by atoms with Crippen LogP contribution in [0.25, 0.3) is 0 Å². The molecule has 13 heavy (non-hydrogen) atoms. The van der Waals surface area contributed by atoms with E-state index in [1.807, 2.05) is 0 Å². The summed E-state index contributed by atoms with van der Waals surface area (Å²) in [5.74, 6) is 0. The SMILES string of the molecule is C=CCN.C=CCN.O=S(O)(O)=S. The molecule has 0 aliphatic rings. The van der Waals surface area contributed by atoms with Crippen LogP contribution in [0.2, 0.25) is 0 Å². The minimum atomic E-state index is -3.83. The van der Waals surface area contributed by atoms with Crippen LogP contribution in [-0.4, -0.2) is 26.4 Å². The third kappa shape index (κ3) is 384. The Balaban J connectivity index is -0.000000117. The number of nitrogens with two attached hydrogens (primary N) is 2. The minimum Gasteiger partial charge on any atom is -0.327 e. The van der Waals surface area contributed by atoms with E-state index in [0.29, 0.717) is 13.1 Å². The summed E-state index contributed by atoms with van der Waals surface area (Å²) >= 11 is 3.47. The normalized spacial score (nSPS) is 8.31. The maximum absolute atomic E-state index is 9.11. The highest BCUT2D eigenvalue weighted by Crippen LogP contribution is 1.62. The highest BCUT2D eigenvalue weighted by atomic mass is 32.9. The van der Waals surface area contributed by atoms with Gasteiger partial charge in [-0.05, 0) is 0 Å². The van der Waals surface area contributed by atoms with Crippen LogP contribution in [0.5, 0.6) is 0 Å². The van der Waals surface area contributed by atoms with Crippen molar-refractivity contribution in [1.29, 1.82) is 0 Å². The summed E-state index contributed by atoms with van der Waals surface area (Å²) in [6.07, 6.45) is 3.31. The topological polar surface area (TPSA) is 110 Å². The number of rotatable bonds is 2. The van der Waals surface area contributed by atoms with Gasteiger partial charge in [0.2, 0.25) is 0 Å². The predicted octanol–water partition coefficient (Wildman–Crippen LogP) is -0.0591. The highest BCUT2D eigenvalue weighted by molar-refractivity contribution is 8.26. The van der Waals surface area contributed by atoms with Gasteiger partial charge in [-0.2, -0.15) is 4.21 Å². The first-order chi connectivity index (χ1) is 5.83. The van der Waals surface area contributed by atoms with Crippen LogP contribution in [0.3, 0.4) is 0 Å². The molecule has 0 aliphatic heterocycles. The van der Waals surface area contributed by atoms with Crippen molar-refractivity contribution in [3.05, 3.63) is 25.3 Å². The van der Waals surface area contributed by atoms with Crippen LogP contribution in [0.4, 0.5) is 0 Å². The molecule has 0 aliphatic carbocycles. The van der Waals surface area contributed by atoms with E-state index >= 15 is 0 Å². The molecule has 0 aromatic carbocycles. The van der Waals surface area contributed by atoms with E-state index in [4.69, 9.17) is 24.8 Å². The van der Waals surface area contributed by atoms with Gasteiger partial charge in [0, 0.05) is 24.3 Å². The van der Waals surface area contributed by atoms with E-state index in [-0.39, 0.29) is 0 Å². The Morgan fingerprint density at radius 2 is 1.31 bits per heavy atom. The van der Waals surface area contributed by atoms with Crippen molar-refractivity contribution >= 4 is 20.2 Å². The molecule has 6 N–H and O–H groups in total. The van der Waals surface area contributed by atoms with E-state index in [0.717, 1.165) is 0 Å². The lowest BCUT2D eigenvalue weighted by atomic mass is 10.7. The Morgan fingerprint density at radius 1 is 1.23 bits per heavy atom. The predicted molar refractivity (Wildman–Crippen MR) is 59.3 cm³/mol. The smallest absolute Gasteiger partial charge is 0.263 e. The largest absolute Gasteiger partial charge is 0.327 e. The fourth-order valence-electron chi connectivity index (χ4n) is 0. The molecule has 0 saturated carbocycles. The van der Waals surface area contributed by atoms with E-state index in [1.54, 1.807) is 12.2 Å². The van der Waals surface area contributed by atoms with Gasteiger partial charge < -0.3 is 11.5 Å². The summed E-state index contributed by atoms with van der Waals surface area (Å²) in [5, 5.41) is 0. The Hall–Kier alpha value is -0.310. The fraction of sp³-hybridized carbons (Fsp3) is 0.333. The Bertz CT molecular complexity index is 186. The van der Waals surface area contributed by atoms with Gasteiger partial charge in [-0.15, -0.1) is 13.2 Å². The van der Waals surface area contributed by atoms with Gasteiger partial charge in [0.25, 0.3) is 9.05 Å². The number of hydrogen-bond acceptors (Lipinski definition) is 4.